The zero-order chi connectivity index (χ0) is 36.3. The normalized spacial score (nSPS) is 11.6. The van der Waals surface area contributed by atoms with Crippen LogP contribution in [0.3, 0.4) is 0 Å². The second-order valence-corrected chi connectivity index (χ2v) is 16.3. The number of para-hydroxylation sites is 2. The van der Waals surface area contributed by atoms with Crippen LogP contribution in [0.25, 0.3) is 84.5 Å². The van der Waals surface area contributed by atoms with Crippen molar-refractivity contribution in [2.45, 2.75) is 0 Å². The van der Waals surface area contributed by atoms with Crippen LogP contribution >= 0.6 is 22.7 Å². The van der Waals surface area contributed by atoms with Gasteiger partial charge in [0, 0.05) is 57.2 Å². The molecule has 0 spiro atoms. The van der Waals surface area contributed by atoms with Crippen molar-refractivity contribution in [3.63, 3.8) is 0 Å². The van der Waals surface area contributed by atoms with Gasteiger partial charge in [-0.1, -0.05) is 146 Å². The highest BCUT2D eigenvalue weighted by atomic mass is 32.1. The lowest BCUT2D eigenvalue weighted by Crippen LogP contribution is -2.12. The third kappa shape index (κ3) is 5.51. The molecule has 0 N–H and O–H groups in total. The molecule has 11 aromatic rings. The van der Waals surface area contributed by atoms with E-state index in [1.54, 1.807) is 0 Å². The minimum Gasteiger partial charge on any atom is -0.309 e. The number of anilines is 3. The van der Waals surface area contributed by atoms with Crippen molar-refractivity contribution >= 4 is 90.9 Å². The first kappa shape index (κ1) is 32.0. The Morgan fingerprint density at radius 1 is 0.291 bits per heavy atom. The quantitative estimate of drug-likeness (QED) is 0.164. The van der Waals surface area contributed by atoms with Gasteiger partial charge in [-0.2, -0.15) is 0 Å². The monoisotopic (exact) mass is 735 g/mol. The minimum atomic E-state index is 1.11. The zero-order valence-electron chi connectivity index (χ0n) is 29.8. The molecule has 0 aliphatic rings. The summed E-state index contributed by atoms with van der Waals surface area (Å²) in [7, 11) is 0. The molecule has 0 aliphatic carbocycles. The van der Waals surface area contributed by atoms with Crippen molar-refractivity contribution in [1.82, 2.24) is 0 Å². The van der Waals surface area contributed by atoms with Crippen LogP contribution < -0.4 is 4.90 Å². The van der Waals surface area contributed by atoms with Crippen LogP contribution in [-0.2, 0) is 0 Å². The zero-order valence-corrected chi connectivity index (χ0v) is 31.4. The highest BCUT2D eigenvalue weighted by molar-refractivity contribution is 7.26. The summed E-state index contributed by atoms with van der Waals surface area (Å²) >= 11 is 3.73. The highest BCUT2D eigenvalue weighted by Crippen LogP contribution is 2.47. The van der Waals surface area contributed by atoms with Crippen LogP contribution in [-0.4, -0.2) is 0 Å². The fraction of sp³-hybridized carbons (Fsp3) is 0. The van der Waals surface area contributed by atoms with Gasteiger partial charge in [0.05, 0.1) is 11.4 Å². The lowest BCUT2D eigenvalue weighted by Gasteiger charge is -2.30. The molecule has 3 heteroatoms. The molecule has 0 atom stereocenters. The van der Waals surface area contributed by atoms with E-state index in [9.17, 15) is 0 Å². The maximum atomic E-state index is 2.47. The van der Waals surface area contributed by atoms with Gasteiger partial charge >= 0.3 is 0 Å². The van der Waals surface area contributed by atoms with Crippen molar-refractivity contribution in [3.05, 3.63) is 200 Å². The van der Waals surface area contributed by atoms with Crippen molar-refractivity contribution in [3.8, 4) is 33.4 Å². The third-order valence-corrected chi connectivity index (χ3v) is 13.1. The Morgan fingerprint density at radius 3 is 1.47 bits per heavy atom. The van der Waals surface area contributed by atoms with E-state index < -0.39 is 0 Å². The number of fused-ring (bicyclic) bond motifs is 7. The van der Waals surface area contributed by atoms with E-state index in [4.69, 9.17) is 0 Å². The van der Waals surface area contributed by atoms with E-state index in [1.165, 1.54) is 84.5 Å². The van der Waals surface area contributed by atoms with E-state index in [2.05, 4.69) is 205 Å². The molecule has 0 saturated carbocycles. The van der Waals surface area contributed by atoms with E-state index in [1.807, 2.05) is 22.7 Å². The Morgan fingerprint density at radius 2 is 0.782 bits per heavy atom. The van der Waals surface area contributed by atoms with Gasteiger partial charge in [-0.15, -0.1) is 22.7 Å². The first-order valence-electron chi connectivity index (χ1n) is 18.7. The summed E-state index contributed by atoms with van der Waals surface area (Å²) in [6, 6.07) is 73.6. The van der Waals surface area contributed by atoms with Gasteiger partial charge in [-0.05, 0) is 87.6 Å². The molecule has 55 heavy (non-hydrogen) atoms. The van der Waals surface area contributed by atoms with Crippen LogP contribution in [0.1, 0.15) is 0 Å². The van der Waals surface area contributed by atoms with Crippen LogP contribution in [0.5, 0.6) is 0 Å². The number of thiophene rings is 2. The molecule has 2 aromatic heterocycles. The van der Waals surface area contributed by atoms with E-state index in [-0.39, 0.29) is 0 Å². The van der Waals surface area contributed by atoms with E-state index >= 15 is 0 Å². The fourth-order valence-corrected chi connectivity index (χ4v) is 10.5. The Bertz CT molecular complexity index is 3240. The molecule has 0 bridgehead atoms. The number of hydrogen-bond donors (Lipinski definition) is 0. The SMILES string of the molecule is c1cc(-c2ccc3c(c2)sc2ccccc23)cc(N(c2ccccc2-c2ccc3ccccc3c2)c2ccccc2-c2ccc3c(c2)sc2ccccc23)c1. The standard InChI is InChI=1S/C52H33NS2/c1-2-13-35-30-38(25-24-34(35)12-1)41-16-3-7-20-47(41)53(40-15-11-14-36(31-40)37-26-28-45-43-18-5-9-22-49(43)54-51(45)32-37)48-21-8-4-17-42(48)39-27-29-46-44-19-6-10-23-50(44)55-52(46)33-39/h1-33H. The van der Waals surface area contributed by atoms with Crippen molar-refractivity contribution in [2.75, 3.05) is 4.90 Å². The van der Waals surface area contributed by atoms with Gasteiger partial charge in [0.15, 0.2) is 0 Å². The molecular formula is C52H33NS2. The van der Waals surface area contributed by atoms with Crippen molar-refractivity contribution in [2.24, 2.45) is 0 Å². The summed E-state index contributed by atoms with van der Waals surface area (Å²) < 4.78 is 5.25. The Balaban J connectivity index is 1.11. The molecule has 2 heterocycles. The largest absolute Gasteiger partial charge is 0.309 e. The van der Waals surface area contributed by atoms with Gasteiger partial charge in [-0.25, -0.2) is 0 Å². The van der Waals surface area contributed by atoms with Crippen LogP contribution in [0, 0.1) is 0 Å². The van der Waals surface area contributed by atoms with E-state index in [0.29, 0.717) is 0 Å². The average Bonchev–Trinajstić information content (AvgIpc) is 3.82. The molecule has 0 saturated heterocycles. The molecule has 0 radical (unpaired) electrons. The maximum Gasteiger partial charge on any atom is 0.0540 e. The molecule has 1 nitrogen and oxygen atoms in total. The van der Waals surface area contributed by atoms with E-state index in [0.717, 1.165) is 17.1 Å². The predicted molar refractivity (Wildman–Crippen MR) is 241 cm³/mol. The molecule has 0 unspecified atom stereocenters. The van der Waals surface area contributed by atoms with Gasteiger partial charge in [0.25, 0.3) is 0 Å². The van der Waals surface area contributed by atoms with Gasteiger partial charge in [-0.3, -0.25) is 0 Å². The summed E-state index contributed by atoms with van der Waals surface area (Å²) in [5.41, 5.74) is 10.5. The molecule has 0 fully saturated rings. The second kappa shape index (κ2) is 13.1. The Labute approximate surface area is 327 Å². The first-order valence-corrected chi connectivity index (χ1v) is 20.3. The number of nitrogens with zero attached hydrogens (tertiary/aromatic N) is 1. The molecule has 9 aromatic carbocycles. The summed E-state index contributed by atoms with van der Waals surface area (Å²) in [6.45, 7) is 0. The van der Waals surface area contributed by atoms with Crippen LogP contribution in [0.15, 0.2) is 200 Å². The van der Waals surface area contributed by atoms with Crippen LogP contribution in [0.2, 0.25) is 0 Å². The third-order valence-electron chi connectivity index (χ3n) is 10.9. The predicted octanol–water partition coefficient (Wildman–Crippen LogP) is 16.0. The highest BCUT2D eigenvalue weighted by Gasteiger charge is 2.21. The van der Waals surface area contributed by atoms with Crippen LogP contribution in [0.4, 0.5) is 17.1 Å². The Kier molecular flexibility index (Phi) is 7.61. The lowest BCUT2D eigenvalue weighted by atomic mass is 9.96. The molecule has 11 rings (SSSR count). The topological polar surface area (TPSA) is 3.24 Å². The summed E-state index contributed by atoms with van der Waals surface area (Å²) in [5.74, 6) is 0. The minimum absolute atomic E-state index is 1.11. The molecule has 0 amide bonds. The fourth-order valence-electron chi connectivity index (χ4n) is 8.21. The average molecular weight is 736 g/mol. The number of rotatable bonds is 6. The van der Waals surface area contributed by atoms with Gasteiger partial charge in [0.1, 0.15) is 0 Å². The summed E-state index contributed by atoms with van der Waals surface area (Å²) in [4.78, 5) is 2.47. The number of hydrogen-bond acceptors (Lipinski definition) is 3. The smallest absolute Gasteiger partial charge is 0.0540 e. The second-order valence-electron chi connectivity index (χ2n) is 14.1. The summed E-state index contributed by atoms with van der Waals surface area (Å²) in [5, 5.41) is 7.74. The van der Waals surface area contributed by atoms with Crippen molar-refractivity contribution < 1.29 is 0 Å². The molecule has 0 aliphatic heterocycles. The molecule has 258 valence electrons. The maximum absolute atomic E-state index is 2.47. The number of benzene rings is 9. The lowest BCUT2D eigenvalue weighted by molar-refractivity contribution is 1.28. The first-order chi connectivity index (χ1) is 27.2. The van der Waals surface area contributed by atoms with Gasteiger partial charge in [0.2, 0.25) is 0 Å². The van der Waals surface area contributed by atoms with Gasteiger partial charge < -0.3 is 4.90 Å². The summed E-state index contributed by atoms with van der Waals surface area (Å²) in [6.07, 6.45) is 0. The Hall–Kier alpha value is -6.52. The molecular weight excluding hydrogens is 703 g/mol. The van der Waals surface area contributed by atoms with Crippen molar-refractivity contribution in [1.29, 1.82) is 0 Å².